The summed E-state index contributed by atoms with van der Waals surface area (Å²) >= 11 is 0. The van der Waals surface area contributed by atoms with Crippen molar-refractivity contribution in [2.75, 3.05) is 6.61 Å². The van der Waals surface area contributed by atoms with E-state index in [-0.39, 0.29) is 12.6 Å². The van der Waals surface area contributed by atoms with E-state index in [4.69, 9.17) is 5.11 Å². The Balaban J connectivity index is 3.27. The molecular formula is C18H36NO2+. The van der Waals surface area contributed by atoms with Gasteiger partial charge < -0.3 is 15.9 Å². The molecule has 2 atom stereocenters. The number of quaternary nitrogens is 1. The van der Waals surface area contributed by atoms with Gasteiger partial charge in [-0.1, -0.05) is 63.3 Å². The summed E-state index contributed by atoms with van der Waals surface area (Å²) in [4.78, 5) is 0. The Morgan fingerprint density at radius 2 is 1.38 bits per heavy atom. The minimum atomic E-state index is -0.615. The maximum Gasteiger partial charge on any atom is 0.138 e. The topological polar surface area (TPSA) is 68.1 Å². The summed E-state index contributed by atoms with van der Waals surface area (Å²) in [5, 5.41) is 18.4. The summed E-state index contributed by atoms with van der Waals surface area (Å²) in [6.07, 6.45) is 20.2. The van der Waals surface area contributed by atoms with Crippen LogP contribution >= 0.6 is 0 Å². The molecule has 0 aromatic heterocycles. The van der Waals surface area contributed by atoms with Crippen molar-refractivity contribution < 1.29 is 15.9 Å². The lowest BCUT2D eigenvalue weighted by Gasteiger charge is -2.08. The molecule has 0 aliphatic carbocycles. The number of unbranched alkanes of at least 4 members (excludes halogenated alkanes) is 8. The van der Waals surface area contributed by atoms with Crippen molar-refractivity contribution in [2.24, 2.45) is 0 Å². The first-order valence-electron chi connectivity index (χ1n) is 8.66. The molecule has 3 heteroatoms. The Hall–Kier alpha value is -0.640. The summed E-state index contributed by atoms with van der Waals surface area (Å²) < 4.78 is 0. The number of aliphatic hydroxyl groups is 2. The highest BCUT2D eigenvalue weighted by Gasteiger charge is 2.12. The molecule has 0 rings (SSSR count). The smallest absolute Gasteiger partial charge is 0.138 e. The molecule has 0 unspecified atom stereocenters. The van der Waals surface area contributed by atoms with Gasteiger partial charge in [0.1, 0.15) is 12.1 Å². The first kappa shape index (κ1) is 20.4. The van der Waals surface area contributed by atoms with Gasteiger partial charge in [-0.05, 0) is 32.1 Å². The second-order valence-corrected chi connectivity index (χ2v) is 5.82. The van der Waals surface area contributed by atoms with E-state index in [1.54, 1.807) is 6.08 Å². The maximum absolute atomic E-state index is 9.58. The van der Waals surface area contributed by atoms with Crippen LogP contribution in [0.4, 0.5) is 0 Å². The second kappa shape index (κ2) is 15.7. The molecule has 0 aliphatic heterocycles. The molecule has 0 aliphatic rings. The minimum Gasteiger partial charge on any atom is -0.390 e. The molecule has 0 radical (unpaired) electrons. The zero-order chi connectivity index (χ0) is 15.8. The van der Waals surface area contributed by atoms with Crippen molar-refractivity contribution in [1.82, 2.24) is 0 Å². The zero-order valence-electron chi connectivity index (χ0n) is 13.8. The SMILES string of the molecule is CCC/C=C\CCCCCCCC/C=C/[C@@H](O)[C@@H]([NH3+])CO. The van der Waals surface area contributed by atoms with Gasteiger partial charge in [-0.3, -0.25) is 0 Å². The van der Waals surface area contributed by atoms with Crippen molar-refractivity contribution in [2.45, 2.75) is 83.3 Å². The molecule has 0 aromatic rings. The Kier molecular flexibility index (Phi) is 15.3. The molecule has 0 saturated carbocycles. The van der Waals surface area contributed by atoms with Crippen molar-refractivity contribution in [1.29, 1.82) is 0 Å². The van der Waals surface area contributed by atoms with Crippen molar-refractivity contribution in [3.63, 3.8) is 0 Å². The van der Waals surface area contributed by atoms with E-state index in [1.165, 1.54) is 57.8 Å². The Labute approximate surface area is 130 Å². The highest BCUT2D eigenvalue weighted by atomic mass is 16.3. The second-order valence-electron chi connectivity index (χ2n) is 5.82. The third kappa shape index (κ3) is 14.1. The predicted molar refractivity (Wildman–Crippen MR) is 89.9 cm³/mol. The predicted octanol–water partition coefficient (Wildman–Crippen LogP) is 2.98. The molecule has 5 N–H and O–H groups in total. The molecule has 0 spiro atoms. The van der Waals surface area contributed by atoms with Gasteiger partial charge >= 0.3 is 0 Å². The van der Waals surface area contributed by atoms with Gasteiger partial charge in [-0.2, -0.15) is 0 Å². The summed E-state index contributed by atoms with van der Waals surface area (Å²) in [6, 6.07) is -0.312. The molecule has 0 fully saturated rings. The van der Waals surface area contributed by atoms with E-state index < -0.39 is 6.10 Å². The summed E-state index contributed by atoms with van der Waals surface area (Å²) in [6.45, 7) is 2.14. The number of allylic oxidation sites excluding steroid dienone is 3. The van der Waals surface area contributed by atoms with Crippen LogP contribution in [0, 0.1) is 0 Å². The highest BCUT2D eigenvalue weighted by Crippen LogP contribution is 2.09. The Morgan fingerprint density at radius 3 is 1.95 bits per heavy atom. The van der Waals surface area contributed by atoms with Gasteiger partial charge in [-0.25, -0.2) is 0 Å². The molecule has 124 valence electrons. The van der Waals surface area contributed by atoms with Crippen LogP contribution in [0.3, 0.4) is 0 Å². The third-order valence-electron chi connectivity index (χ3n) is 3.66. The molecule has 21 heavy (non-hydrogen) atoms. The van der Waals surface area contributed by atoms with Crippen LogP contribution in [0.15, 0.2) is 24.3 Å². The standard InChI is InChI=1S/C18H35NO2/c1-2-3-4-5-6-7-8-9-10-11-12-13-14-15-18(21)17(19)16-20/h4-5,14-15,17-18,20-21H,2-3,6-13,16,19H2,1H3/p+1/b5-4-,15-14+/t17-,18+/m0/s1. The lowest BCUT2D eigenvalue weighted by atomic mass is 10.1. The minimum absolute atomic E-state index is 0.0703. The fourth-order valence-corrected chi connectivity index (χ4v) is 2.13. The average molecular weight is 298 g/mol. The molecule has 3 nitrogen and oxygen atoms in total. The van der Waals surface area contributed by atoms with Crippen molar-refractivity contribution >= 4 is 0 Å². The molecule has 0 amide bonds. The van der Waals surface area contributed by atoms with Crippen LogP contribution < -0.4 is 5.73 Å². The summed E-state index contributed by atoms with van der Waals surface area (Å²) in [5.41, 5.74) is 3.68. The first-order chi connectivity index (χ1) is 10.2. The molecule has 0 heterocycles. The average Bonchev–Trinajstić information content (AvgIpc) is 2.50. The monoisotopic (exact) mass is 298 g/mol. The third-order valence-corrected chi connectivity index (χ3v) is 3.66. The van der Waals surface area contributed by atoms with Crippen LogP contribution in [0.5, 0.6) is 0 Å². The number of hydrogen-bond donors (Lipinski definition) is 3. The van der Waals surface area contributed by atoms with Crippen molar-refractivity contribution in [3.05, 3.63) is 24.3 Å². The highest BCUT2D eigenvalue weighted by molar-refractivity contribution is 4.91. The van der Waals surface area contributed by atoms with Crippen LogP contribution in [0.2, 0.25) is 0 Å². The quantitative estimate of drug-likeness (QED) is 0.341. The van der Waals surface area contributed by atoms with Gasteiger partial charge in [0.25, 0.3) is 0 Å². The maximum atomic E-state index is 9.58. The van der Waals surface area contributed by atoms with E-state index in [1.807, 2.05) is 6.08 Å². The number of aliphatic hydroxyl groups excluding tert-OH is 2. The van der Waals surface area contributed by atoms with Crippen LogP contribution in [-0.4, -0.2) is 29.0 Å². The molecular weight excluding hydrogens is 262 g/mol. The lowest BCUT2D eigenvalue weighted by Crippen LogP contribution is -2.67. The van der Waals surface area contributed by atoms with Crippen LogP contribution in [-0.2, 0) is 0 Å². The van der Waals surface area contributed by atoms with E-state index in [2.05, 4.69) is 24.8 Å². The van der Waals surface area contributed by atoms with Crippen LogP contribution in [0.1, 0.15) is 71.1 Å². The molecule has 0 saturated heterocycles. The largest absolute Gasteiger partial charge is 0.390 e. The Morgan fingerprint density at radius 1 is 0.857 bits per heavy atom. The van der Waals surface area contributed by atoms with Gasteiger partial charge in [-0.15, -0.1) is 0 Å². The number of rotatable bonds is 14. The molecule has 0 aromatic carbocycles. The molecule has 0 bridgehead atoms. The summed E-state index contributed by atoms with van der Waals surface area (Å²) in [5.74, 6) is 0. The van der Waals surface area contributed by atoms with E-state index in [0.29, 0.717) is 0 Å². The normalized spacial score (nSPS) is 15.0. The summed E-state index contributed by atoms with van der Waals surface area (Å²) in [7, 11) is 0. The lowest BCUT2D eigenvalue weighted by molar-refractivity contribution is -0.438. The van der Waals surface area contributed by atoms with Crippen LogP contribution in [0.25, 0.3) is 0 Å². The van der Waals surface area contributed by atoms with Gasteiger partial charge in [0.2, 0.25) is 0 Å². The van der Waals surface area contributed by atoms with Gasteiger partial charge in [0.05, 0.1) is 6.61 Å². The first-order valence-corrected chi connectivity index (χ1v) is 8.66. The fourth-order valence-electron chi connectivity index (χ4n) is 2.13. The number of hydrogen-bond acceptors (Lipinski definition) is 2. The fraction of sp³-hybridized carbons (Fsp3) is 0.778. The van der Waals surface area contributed by atoms with Gasteiger partial charge in [0.15, 0.2) is 0 Å². The van der Waals surface area contributed by atoms with E-state index >= 15 is 0 Å². The Bertz CT molecular complexity index is 264. The van der Waals surface area contributed by atoms with E-state index in [9.17, 15) is 5.11 Å². The zero-order valence-corrected chi connectivity index (χ0v) is 13.8. The van der Waals surface area contributed by atoms with E-state index in [0.717, 1.165) is 6.42 Å². The van der Waals surface area contributed by atoms with Gasteiger partial charge in [0, 0.05) is 0 Å². The van der Waals surface area contributed by atoms with Crippen molar-refractivity contribution in [3.8, 4) is 0 Å².